The van der Waals surface area contributed by atoms with E-state index in [0.717, 1.165) is 55.7 Å². The summed E-state index contributed by atoms with van der Waals surface area (Å²) in [6.07, 6.45) is 8.63. The molecule has 6 aromatic rings. The van der Waals surface area contributed by atoms with Crippen molar-refractivity contribution in [3.63, 3.8) is 0 Å². The number of aromatic amines is 2. The predicted molar refractivity (Wildman–Crippen MR) is 113 cm³/mol. The quantitative estimate of drug-likeness (QED) is 0.453. The van der Waals surface area contributed by atoms with Crippen molar-refractivity contribution in [2.24, 2.45) is 0 Å². The standard InChI is InChI=1S/C21H13N7S/c1-3-24-20(12-2-4-29-10-12)14-6-18(26-16(1)14)21-15-5-17(13-7-22-11-23-8-13)25-9-19(15)27-28-21/h1-11,26H,(H,27,28). The molecule has 0 aliphatic heterocycles. The van der Waals surface area contributed by atoms with Crippen LogP contribution in [0.15, 0.2) is 66.1 Å². The molecule has 6 heterocycles. The van der Waals surface area contributed by atoms with Crippen molar-refractivity contribution >= 4 is 33.1 Å². The number of hydrogen-bond donors (Lipinski definition) is 2. The average Bonchev–Trinajstić information content (AvgIpc) is 3.52. The summed E-state index contributed by atoms with van der Waals surface area (Å²) >= 11 is 1.66. The van der Waals surface area contributed by atoms with Crippen LogP contribution in [0.2, 0.25) is 0 Å². The third kappa shape index (κ3) is 2.61. The molecule has 0 aromatic carbocycles. The van der Waals surface area contributed by atoms with Gasteiger partial charge < -0.3 is 4.98 Å². The summed E-state index contributed by atoms with van der Waals surface area (Å²) in [5.74, 6) is 0. The van der Waals surface area contributed by atoms with Crippen molar-refractivity contribution in [2.45, 2.75) is 0 Å². The third-order valence-electron chi connectivity index (χ3n) is 4.90. The van der Waals surface area contributed by atoms with Crippen molar-refractivity contribution in [1.29, 1.82) is 0 Å². The summed E-state index contributed by atoms with van der Waals surface area (Å²) in [7, 11) is 0. The number of H-pyrrole nitrogens is 2. The monoisotopic (exact) mass is 395 g/mol. The molecule has 0 radical (unpaired) electrons. The van der Waals surface area contributed by atoms with Gasteiger partial charge in [-0.3, -0.25) is 15.1 Å². The van der Waals surface area contributed by atoms with Gasteiger partial charge in [-0.15, -0.1) is 0 Å². The van der Waals surface area contributed by atoms with Crippen LogP contribution in [0.1, 0.15) is 0 Å². The van der Waals surface area contributed by atoms with Crippen molar-refractivity contribution in [3.8, 4) is 33.9 Å². The SMILES string of the molecule is c1ncc(-c2cc3c(-c4cc5c(-c6ccsc6)nccc5[nH]4)n[nH]c3cn2)cn1. The van der Waals surface area contributed by atoms with Crippen LogP contribution in [-0.4, -0.2) is 35.1 Å². The summed E-state index contributed by atoms with van der Waals surface area (Å²) in [6, 6.07) is 8.19. The van der Waals surface area contributed by atoms with Gasteiger partial charge in [-0.2, -0.15) is 16.4 Å². The van der Waals surface area contributed by atoms with Gasteiger partial charge in [0.2, 0.25) is 0 Å². The fraction of sp³-hybridized carbons (Fsp3) is 0. The van der Waals surface area contributed by atoms with E-state index in [4.69, 9.17) is 0 Å². The van der Waals surface area contributed by atoms with Crippen LogP contribution in [0.25, 0.3) is 55.7 Å². The summed E-state index contributed by atoms with van der Waals surface area (Å²) in [4.78, 5) is 20.8. The van der Waals surface area contributed by atoms with Gasteiger partial charge in [0.25, 0.3) is 0 Å². The lowest BCUT2D eigenvalue weighted by molar-refractivity contribution is 1.11. The Balaban J connectivity index is 1.53. The second-order valence-electron chi connectivity index (χ2n) is 6.63. The largest absolute Gasteiger partial charge is 0.353 e. The fourth-order valence-corrected chi connectivity index (χ4v) is 4.16. The number of nitrogens with zero attached hydrogens (tertiary/aromatic N) is 5. The minimum Gasteiger partial charge on any atom is -0.353 e. The molecule has 0 fully saturated rings. The highest BCUT2D eigenvalue weighted by Gasteiger charge is 2.15. The van der Waals surface area contributed by atoms with E-state index in [1.54, 1.807) is 29.9 Å². The average molecular weight is 395 g/mol. The smallest absolute Gasteiger partial charge is 0.116 e. The van der Waals surface area contributed by atoms with Crippen LogP contribution in [-0.2, 0) is 0 Å². The van der Waals surface area contributed by atoms with Crippen LogP contribution in [0, 0.1) is 0 Å². The Morgan fingerprint density at radius 1 is 0.828 bits per heavy atom. The molecule has 0 amide bonds. The van der Waals surface area contributed by atoms with Crippen LogP contribution in [0.3, 0.4) is 0 Å². The van der Waals surface area contributed by atoms with E-state index >= 15 is 0 Å². The molecule has 0 saturated carbocycles. The maximum atomic E-state index is 4.59. The molecule has 0 atom stereocenters. The summed E-state index contributed by atoms with van der Waals surface area (Å²) in [6.45, 7) is 0. The Hall–Kier alpha value is -3.91. The highest BCUT2D eigenvalue weighted by atomic mass is 32.1. The maximum Gasteiger partial charge on any atom is 0.116 e. The van der Waals surface area contributed by atoms with Crippen LogP contribution in [0.5, 0.6) is 0 Å². The van der Waals surface area contributed by atoms with Crippen molar-refractivity contribution in [3.05, 3.63) is 66.1 Å². The van der Waals surface area contributed by atoms with E-state index in [2.05, 4.69) is 58.0 Å². The second-order valence-corrected chi connectivity index (χ2v) is 7.41. The lowest BCUT2D eigenvalue weighted by atomic mass is 10.1. The lowest BCUT2D eigenvalue weighted by Crippen LogP contribution is -1.86. The van der Waals surface area contributed by atoms with Gasteiger partial charge in [0.05, 0.1) is 28.8 Å². The molecular weight excluding hydrogens is 382 g/mol. The molecule has 0 spiro atoms. The van der Waals surface area contributed by atoms with E-state index in [1.165, 1.54) is 6.33 Å². The zero-order valence-electron chi connectivity index (χ0n) is 15.0. The Morgan fingerprint density at radius 3 is 2.59 bits per heavy atom. The third-order valence-corrected chi connectivity index (χ3v) is 5.58. The Labute approximate surface area is 168 Å². The summed E-state index contributed by atoms with van der Waals surface area (Å²) < 4.78 is 0. The van der Waals surface area contributed by atoms with Crippen molar-refractivity contribution < 1.29 is 0 Å². The van der Waals surface area contributed by atoms with Gasteiger partial charge in [-0.05, 0) is 29.6 Å². The second kappa shape index (κ2) is 6.32. The number of fused-ring (bicyclic) bond motifs is 2. The lowest BCUT2D eigenvalue weighted by Gasteiger charge is -2.00. The molecule has 0 aliphatic carbocycles. The first-order valence-electron chi connectivity index (χ1n) is 8.97. The highest BCUT2D eigenvalue weighted by molar-refractivity contribution is 7.08. The van der Waals surface area contributed by atoms with E-state index in [1.807, 2.05) is 18.3 Å². The van der Waals surface area contributed by atoms with Crippen molar-refractivity contribution in [2.75, 3.05) is 0 Å². The number of thiophene rings is 1. The van der Waals surface area contributed by atoms with Gasteiger partial charge in [-0.25, -0.2) is 9.97 Å². The zero-order valence-corrected chi connectivity index (χ0v) is 15.8. The number of pyridine rings is 2. The Bertz CT molecular complexity index is 1450. The minimum atomic E-state index is 0.803. The number of hydrogen-bond acceptors (Lipinski definition) is 6. The van der Waals surface area contributed by atoms with Crippen LogP contribution >= 0.6 is 11.3 Å². The topological polar surface area (TPSA) is 96.0 Å². The van der Waals surface area contributed by atoms with Crippen LogP contribution < -0.4 is 0 Å². The molecule has 0 aliphatic rings. The van der Waals surface area contributed by atoms with Gasteiger partial charge in [-0.1, -0.05) is 0 Å². The fourth-order valence-electron chi connectivity index (χ4n) is 3.52. The normalized spacial score (nSPS) is 11.4. The molecule has 2 N–H and O–H groups in total. The zero-order chi connectivity index (χ0) is 19.2. The molecule has 0 unspecified atom stereocenters. The number of rotatable bonds is 3. The van der Waals surface area contributed by atoms with Gasteiger partial charge in [0.1, 0.15) is 12.0 Å². The molecule has 0 bridgehead atoms. The van der Waals surface area contributed by atoms with E-state index in [0.29, 0.717) is 0 Å². The molecule has 7 nitrogen and oxygen atoms in total. The Morgan fingerprint density at radius 2 is 1.72 bits per heavy atom. The first kappa shape index (κ1) is 16.1. The Kier molecular flexibility index (Phi) is 3.50. The van der Waals surface area contributed by atoms with Crippen LogP contribution in [0.4, 0.5) is 0 Å². The van der Waals surface area contributed by atoms with Gasteiger partial charge in [0.15, 0.2) is 0 Å². The minimum absolute atomic E-state index is 0.803. The molecule has 6 aromatic heterocycles. The number of aromatic nitrogens is 7. The molecule has 8 heteroatoms. The summed E-state index contributed by atoms with van der Waals surface area (Å²) in [5.41, 5.74) is 7.42. The predicted octanol–water partition coefficient (Wildman–Crippen LogP) is 4.69. The van der Waals surface area contributed by atoms with Gasteiger partial charge >= 0.3 is 0 Å². The molecule has 0 saturated heterocycles. The molecule has 138 valence electrons. The van der Waals surface area contributed by atoms with E-state index in [-0.39, 0.29) is 0 Å². The first-order chi connectivity index (χ1) is 14.4. The molecule has 29 heavy (non-hydrogen) atoms. The highest BCUT2D eigenvalue weighted by Crippen LogP contribution is 2.34. The molecule has 6 rings (SSSR count). The maximum absolute atomic E-state index is 4.59. The summed E-state index contributed by atoms with van der Waals surface area (Å²) in [5, 5.41) is 13.8. The van der Waals surface area contributed by atoms with Gasteiger partial charge in [0, 0.05) is 51.4 Å². The van der Waals surface area contributed by atoms with Crippen molar-refractivity contribution in [1.82, 2.24) is 35.1 Å². The number of nitrogens with one attached hydrogen (secondary N) is 2. The molecular formula is C21H13N7S. The first-order valence-corrected chi connectivity index (χ1v) is 9.91. The van der Waals surface area contributed by atoms with E-state index in [9.17, 15) is 0 Å². The van der Waals surface area contributed by atoms with E-state index < -0.39 is 0 Å².